The monoisotopic (exact) mass is 246 g/mol. The topological polar surface area (TPSA) is 84.6 Å². The molecular weight excluding hydrogens is 232 g/mol. The van der Waals surface area contributed by atoms with Gasteiger partial charge in [-0.3, -0.25) is 10.1 Å². The van der Waals surface area contributed by atoms with Gasteiger partial charge in [-0.25, -0.2) is 0 Å². The summed E-state index contributed by atoms with van der Waals surface area (Å²) < 4.78 is 4.77. The largest absolute Gasteiger partial charge is 0.389 e. The van der Waals surface area contributed by atoms with Crippen LogP contribution in [-0.2, 0) is 11.3 Å². The molecule has 7 heteroatoms. The average Bonchev–Trinajstić information content (AvgIpc) is 2.67. The third kappa shape index (κ3) is 4.23. The van der Waals surface area contributed by atoms with E-state index in [2.05, 4.69) is 5.32 Å². The number of rotatable bonds is 7. The molecule has 0 saturated carbocycles. The number of thiophene rings is 1. The van der Waals surface area contributed by atoms with Gasteiger partial charge in [-0.2, -0.15) is 0 Å². The molecule has 6 nitrogen and oxygen atoms in total. The SMILES string of the molecule is COCC(O)CNCc1ccc([N+](=O)[O-])s1. The van der Waals surface area contributed by atoms with Crippen LogP contribution >= 0.6 is 11.3 Å². The lowest BCUT2D eigenvalue weighted by atomic mass is 10.3. The standard InChI is InChI=1S/C9H14N2O4S/c1-15-6-7(12)4-10-5-8-2-3-9(16-8)11(13)14/h2-3,7,10,12H,4-6H2,1H3. The third-order valence-electron chi connectivity index (χ3n) is 1.87. The Morgan fingerprint density at radius 1 is 1.69 bits per heavy atom. The van der Waals surface area contributed by atoms with Crippen LogP contribution in [0, 0.1) is 10.1 Å². The first-order valence-electron chi connectivity index (χ1n) is 4.74. The Kier molecular flexibility index (Phi) is 5.33. The molecule has 1 atom stereocenters. The molecule has 0 saturated heterocycles. The van der Waals surface area contributed by atoms with Gasteiger partial charge in [0.05, 0.1) is 17.6 Å². The van der Waals surface area contributed by atoms with Crippen molar-refractivity contribution >= 4 is 16.3 Å². The fourth-order valence-electron chi connectivity index (χ4n) is 1.17. The predicted molar refractivity (Wildman–Crippen MR) is 60.6 cm³/mol. The molecule has 1 rings (SSSR count). The highest BCUT2D eigenvalue weighted by Gasteiger charge is 2.09. The first-order chi connectivity index (χ1) is 7.63. The van der Waals surface area contributed by atoms with Gasteiger partial charge in [0.15, 0.2) is 0 Å². The molecule has 90 valence electrons. The van der Waals surface area contributed by atoms with Crippen LogP contribution in [0.4, 0.5) is 5.00 Å². The van der Waals surface area contributed by atoms with Crippen LogP contribution in [0.2, 0.25) is 0 Å². The molecule has 0 amide bonds. The molecule has 0 spiro atoms. The number of aliphatic hydroxyl groups excluding tert-OH is 1. The first-order valence-corrected chi connectivity index (χ1v) is 5.56. The molecule has 0 fully saturated rings. The van der Waals surface area contributed by atoms with Crippen molar-refractivity contribution in [2.75, 3.05) is 20.3 Å². The molecular formula is C9H14N2O4S. The van der Waals surface area contributed by atoms with E-state index in [0.29, 0.717) is 13.1 Å². The van der Waals surface area contributed by atoms with Gasteiger partial charge < -0.3 is 15.2 Å². The highest BCUT2D eigenvalue weighted by atomic mass is 32.1. The van der Waals surface area contributed by atoms with Crippen LogP contribution in [0.1, 0.15) is 4.88 Å². The Morgan fingerprint density at radius 3 is 3.00 bits per heavy atom. The average molecular weight is 246 g/mol. The van der Waals surface area contributed by atoms with Crippen LogP contribution in [-0.4, -0.2) is 36.4 Å². The molecule has 1 unspecified atom stereocenters. The van der Waals surface area contributed by atoms with Crippen LogP contribution < -0.4 is 5.32 Å². The van der Waals surface area contributed by atoms with Crippen molar-refractivity contribution in [2.24, 2.45) is 0 Å². The van der Waals surface area contributed by atoms with Crippen LogP contribution in [0.5, 0.6) is 0 Å². The summed E-state index contributed by atoms with van der Waals surface area (Å²) in [6, 6.07) is 3.19. The molecule has 1 aromatic rings. The van der Waals surface area contributed by atoms with E-state index in [9.17, 15) is 15.2 Å². The zero-order valence-electron chi connectivity index (χ0n) is 8.88. The maximum atomic E-state index is 10.4. The minimum absolute atomic E-state index is 0.134. The lowest BCUT2D eigenvalue weighted by molar-refractivity contribution is -0.380. The summed E-state index contributed by atoms with van der Waals surface area (Å²) in [5.74, 6) is 0. The molecule has 16 heavy (non-hydrogen) atoms. The van der Waals surface area contributed by atoms with E-state index >= 15 is 0 Å². The molecule has 0 aliphatic heterocycles. The van der Waals surface area contributed by atoms with Crippen molar-refractivity contribution in [3.8, 4) is 0 Å². The second-order valence-electron chi connectivity index (χ2n) is 3.24. The number of hydrogen-bond donors (Lipinski definition) is 2. The Hall–Kier alpha value is -1.02. The lowest BCUT2D eigenvalue weighted by Gasteiger charge is -2.09. The summed E-state index contributed by atoms with van der Waals surface area (Å²) >= 11 is 1.13. The van der Waals surface area contributed by atoms with Crippen molar-refractivity contribution in [1.29, 1.82) is 0 Å². The summed E-state index contributed by atoms with van der Waals surface area (Å²) in [5.41, 5.74) is 0. The van der Waals surface area contributed by atoms with Gasteiger partial charge in [0.25, 0.3) is 0 Å². The second-order valence-corrected chi connectivity index (χ2v) is 4.38. The summed E-state index contributed by atoms with van der Waals surface area (Å²) in [7, 11) is 1.52. The highest BCUT2D eigenvalue weighted by molar-refractivity contribution is 7.15. The minimum Gasteiger partial charge on any atom is -0.389 e. The predicted octanol–water partition coefficient (Wildman–Crippen LogP) is 0.753. The van der Waals surface area contributed by atoms with Crippen molar-refractivity contribution in [2.45, 2.75) is 12.6 Å². The third-order valence-corrected chi connectivity index (χ3v) is 2.90. The molecule has 0 aliphatic carbocycles. The smallest absolute Gasteiger partial charge is 0.324 e. The zero-order chi connectivity index (χ0) is 12.0. The Labute approximate surface area is 97.0 Å². The molecule has 0 aliphatic rings. The van der Waals surface area contributed by atoms with Gasteiger partial charge in [0.1, 0.15) is 0 Å². The maximum absolute atomic E-state index is 10.4. The van der Waals surface area contributed by atoms with E-state index in [1.807, 2.05) is 0 Å². The summed E-state index contributed by atoms with van der Waals surface area (Å²) in [6.07, 6.45) is -0.556. The number of nitrogens with one attached hydrogen (secondary N) is 1. The van der Waals surface area contributed by atoms with E-state index in [-0.39, 0.29) is 11.6 Å². The quantitative estimate of drug-likeness (QED) is 0.548. The molecule has 1 heterocycles. The summed E-state index contributed by atoms with van der Waals surface area (Å²) in [5, 5.41) is 22.9. The van der Waals surface area contributed by atoms with Crippen molar-refractivity contribution in [3.05, 3.63) is 27.1 Å². The number of ether oxygens (including phenoxy) is 1. The normalized spacial score (nSPS) is 12.6. The van der Waals surface area contributed by atoms with Crippen molar-refractivity contribution in [3.63, 3.8) is 0 Å². The molecule has 2 N–H and O–H groups in total. The fraction of sp³-hybridized carbons (Fsp3) is 0.556. The van der Waals surface area contributed by atoms with Gasteiger partial charge >= 0.3 is 5.00 Å². The molecule has 0 aromatic carbocycles. The van der Waals surface area contributed by atoms with Crippen LogP contribution in [0.3, 0.4) is 0 Å². The highest BCUT2D eigenvalue weighted by Crippen LogP contribution is 2.23. The van der Waals surface area contributed by atoms with Crippen LogP contribution in [0.25, 0.3) is 0 Å². The van der Waals surface area contributed by atoms with Gasteiger partial charge in [-0.1, -0.05) is 11.3 Å². The van der Waals surface area contributed by atoms with Crippen LogP contribution in [0.15, 0.2) is 12.1 Å². The van der Waals surface area contributed by atoms with Gasteiger partial charge in [-0.05, 0) is 6.07 Å². The zero-order valence-corrected chi connectivity index (χ0v) is 9.70. The van der Waals surface area contributed by atoms with E-state index in [1.54, 1.807) is 6.07 Å². The van der Waals surface area contributed by atoms with Crippen molar-refractivity contribution < 1.29 is 14.8 Å². The Morgan fingerprint density at radius 2 is 2.44 bits per heavy atom. The number of methoxy groups -OCH3 is 1. The molecule has 0 radical (unpaired) electrons. The fourth-order valence-corrected chi connectivity index (χ4v) is 1.96. The number of nitro groups is 1. The molecule has 1 aromatic heterocycles. The minimum atomic E-state index is -0.556. The summed E-state index contributed by atoms with van der Waals surface area (Å²) in [4.78, 5) is 10.9. The number of nitrogens with zero attached hydrogens (tertiary/aromatic N) is 1. The second kappa shape index (κ2) is 6.54. The summed E-state index contributed by atoms with van der Waals surface area (Å²) in [6.45, 7) is 1.19. The number of aliphatic hydroxyl groups is 1. The molecule has 0 bridgehead atoms. The van der Waals surface area contributed by atoms with E-state index < -0.39 is 11.0 Å². The van der Waals surface area contributed by atoms with Gasteiger partial charge in [0, 0.05) is 31.1 Å². The van der Waals surface area contributed by atoms with E-state index in [1.165, 1.54) is 13.2 Å². The van der Waals surface area contributed by atoms with E-state index in [0.717, 1.165) is 16.2 Å². The first kappa shape index (κ1) is 13.0. The Balaban J connectivity index is 2.29. The maximum Gasteiger partial charge on any atom is 0.324 e. The van der Waals surface area contributed by atoms with Gasteiger partial charge in [-0.15, -0.1) is 0 Å². The van der Waals surface area contributed by atoms with Crippen molar-refractivity contribution in [1.82, 2.24) is 5.32 Å². The van der Waals surface area contributed by atoms with E-state index in [4.69, 9.17) is 4.74 Å². The van der Waals surface area contributed by atoms with Gasteiger partial charge in [0.2, 0.25) is 0 Å². The Bertz CT molecular complexity index is 342. The number of hydrogen-bond acceptors (Lipinski definition) is 6. The lowest BCUT2D eigenvalue weighted by Crippen LogP contribution is -2.29.